The van der Waals surface area contributed by atoms with E-state index in [2.05, 4.69) is 34.1 Å². The highest BCUT2D eigenvalue weighted by Gasteiger charge is 2.10. The first kappa shape index (κ1) is 21.9. The van der Waals surface area contributed by atoms with Gasteiger partial charge in [-0.15, -0.1) is 24.0 Å². The lowest BCUT2D eigenvalue weighted by Gasteiger charge is -2.19. The van der Waals surface area contributed by atoms with Crippen molar-refractivity contribution >= 4 is 29.9 Å². The molecule has 1 saturated heterocycles. The number of nitrogens with one attached hydrogen (secondary N) is 1. The van der Waals surface area contributed by atoms with E-state index in [0.717, 1.165) is 26.1 Å². The molecule has 0 aliphatic carbocycles. The molecule has 1 fully saturated rings. The fraction of sp³-hybridized carbons (Fsp3) is 0.938. The van der Waals surface area contributed by atoms with Gasteiger partial charge in [0, 0.05) is 26.2 Å². The van der Waals surface area contributed by atoms with Crippen molar-refractivity contribution in [3.8, 4) is 0 Å². The summed E-state index contributed by atoms with van der Waals surface area (Å²) in [5.41, 5.74) is 5.87. The quantitative estimate of drug-likeness (QED) is 0.257. The Labute approximate surface area is 154 Å². The topological polar surface area (TPSA) is 56.9 Å². The van der Waals surface area contributed by atoms with Crippen LogP contribution in [0.15, 0.2) is 4.99 Å². The molecule has 0 bridgehead atoms. The minimum absolute atomic E-state index is 0. The van der Waals surface area contributed by atoms with E-state index in [4.69, 9.17) is 5.73 Å². The van der Waals surface area contributed by atoms with Gasteiger partial charge in [0.1, 0.15) is 0 Å². The predicted octanol–water partition coefficient (Wildman–Crippen LogP) is 2.12. The van der Waals surface area contributed by atoms with Crippen LogP contribution in [0.5, 0.6) is 0 Å². The summed E-state index contributed by atoms with van der Waals surface area (Å²) in [5.74, 6) is 0.613. The molecule has 1 rings (SSSR count). The minimum atomic E-state index is 0. The number of likely N-dealkylation sites (N-methyl/N-ethyl adjacent to an activating group) is 1. The lowest BCUT2D eigenvalue weighted by atomic mass is 10.2. The maximum absolute atomic E-state index is 5.87. The Morgan fingerprint density at radius 2 is 1.91 bits per heavy atom. The van der Waals surface area contributed by atoms with Crippen LogP contribution < -0.4 is 11.1 Å². The van der Waals surface area contributed by atoms with Crippen LogP contribution in [0.3, 0.4) is 0 Å². The van der Waals surface area contributed by atoms with E-state index >= 15 is 0 Å². The number of aliphatic imine (C=N–C) groups is 1. The number of rotatable bonds is 9. The molecule has 0 atom stereocenters. The average molecular weight is 425 g/mol. The van der Waals surface area contributed by atoms with Crippen molar-refractivity contribution in [2.75, 3.05) is 52.9 Å². The molecule has 0 aromatic rings. The van der Waals surface area contributed by atoms with Crippen LogP contribution in [0.2, 0.25) is 0 Å². The first-order valence-electron chi connectivity index (χ1n) is 8.67. The highest BCUT2D eigenvalue weighted by atomic mass is 127. The third kappa shape index (κ3) is 11.5. The van der Waals surface area contributed by atoms with Crippen LogP contribution in [0.4, 0.5) is 0 Å². The Morgan fingerprint density at radius 3 is 2.68 bits per heavy atom. The smallest absolute Gasteiger partial charge is 0.188 e. The molecular weight excluding hydrogens is 389 g/mol. The molecule has 6 heteroatoms. The van der Waals surface area contributed by atoms with E-state index in [1.807, 2.05) is 0 Å². The van der Waals surface area contributed by atoms with E-state index in [9.17, 15) is 0 Å². The molecule has 0 spiro atoms. The Morgan fingerprint density at radius 1 is 1.09 bits per heavy atom. The second kappa shape index (κ2) is 14.5. The lowest BCUT2D eigenvalue weighted by molar-refractivity contribution is 0.275. The van der Waals surface area contributed by atoms with Crippen LogP contribution in [-0.4, -0.2) is 68.6 Å². The fourth-order valence-corrected chi connectivity index (χ4v) is 2.64. The third-order valence-electron chi connectivity index (χ3n) is 4.06. The zero-order valence-corrected chi connectivity index (χ0v) is 16.8. The molecule has 22 heavy (non-hydrogen) atoms. The largest absolute Gasteiger partial charge is 0.370 e. The fourth-order valence-electron chi connectivity index (χ4n) is 2.64. The van der Waals surface area contributed by atoms with Crippen molar-refractivity contribution in [2.45, 2.75) is 45.4 Å². The van der Waals surface area contributed by atoms with Gasteiger partial charge in [-0.2, -0.15) is 0 Å². The number of unbranched alkanes of at least 4 members (excludes halogenated alkanes) is 3. The molecule has 0 amide bonds. The monoisotopic (exact) mass is 425 g/mol. The minimum Gasteiger partial charge on any atom is -0.370 e. The van der Waals surface area contributed by atoms with Crippen LogP contribution in [0.25, 0.3) is 0 Å². The summed E-state index contributed by atoms with van der Waals surface area (Å²) in [5, 5.41) is 3.20. The summed E-state index contributed by atoms with van der Waals surface area (Å²) in [6.07, 6.45) is 7.42. The summed E-state index contributed by atoms with van der Waals surface area (Å²) in [7, 11) is 2.21. The Balaban J connectivity index is 0.00000441. The molecule has 0 radical (unpaired) electrons. The predicted molar refractivity (Wildman–Crippen MR) is 107 cm³/mol. The third-order valence-corrected chi connectivity index (χ3v) is 4.06. The lowest BCUT2D eigenvalue weighted by Crippen LogP contribution is -2.33. The first-order chi connectivity index (χ1) is 10.2. The van der Waals surface area contributed by atoms with Gasteiger partial charge in [-0.05, 0) is 45.9 Å². The Bertz CT molecular complexity index is 286. The standard InChI is InChI=1S/C16H35N5.HI/c1-3-4-5-6-9-18-16(17)19-10-7-12-21-13-8-11-20(2)14-15-21;/h3-15H2,1-2H3,(H3,17,18,19);1H. The van der Waals surface area contributed by atoms with Crippen LogP contribution in [0.1, 0.15) is 45.4 Å². The normalized spacial score (nSPS) is 17.8. The van der Waals surface area contributed by atoms with Gasteiger partial charge in [-0.1, -0.05) is 26.2 Å². The van der Waals surface area contributed by atoms with Gasteiger partial charge in [-0.3, -0.25) is 4.99 Å². The summed E-state index contributed by atoms with van der Waals surface area (Å²) in [6.45, 7) is 9.97. The molecule has 5 nitrogen and oxygen atoms in total. The van der Waals surface area contributed by atoms with E-state index in [0.29, 0.717) is 5.96 Å². The Kier molecular flexibility index (Phi) is 14.5. The van der Waals surface area contributed by atoms with Gasteiger partial charge in [0.25, 0.3) is 0 Å². The highest BCUT2D eigenvalue weighted by Crippen LogP contribution is 2.01. The number of halogens is 1. The number of nitrogens with zero attached hydrogens (tertiary/aromatic N) is 3. The maximum atomic E-state index is 5.87. The van der Waals surface area contributed by atoms with Crippen molar-refractivity contribution in [1.29, 1.82) is 0 Å². The summed E-state index contributed by atoms with van der Waals surface area (Å²) < 4.78 is 0. The van der Waals surface area contributed by atoms with Gasteiger partial charge >= 0.3 is 0 Å². The SMILES string of the molecule is CCCCCCNC(N)=NCCCN1CCCN(C)CC1.I. The molecule has 1 aliphatic rings. The molecule has 1 heterocycles. The van der Waals surface area contributed by atoms with E-state index in [1.54, 1.807) is 0 Å². The van der Waals surface area contributed by atoms with Crippen LogP contribution in [0, 0.1) is 0 Å². The number of hydrogen-bond acceptors (Lipinski definition) is 3. The summed E-state index contributed by atoms with van der Waals surface area (Å²) in [4.78, 5) is 9.38. The second-order valence-electron chi connectivity index (χ2n) is 6.11. The van der Waals surface area contributed by atoms with Crippen LogP contribution >= 0.6 is 24.0 Å². The van der Waals surface area contributed by atoms with Crippen molar-refractivity contribution in [3.63, 3.8) is 0 Å². The Hall–Kier alpha value is -0.0800. The van der Waals surface area contributed by atoms with E-state index in [1.165, 1.54) is 58.3 Å². The molecular formula is C16H36IN5. The molecule has 132 valence electrons. The average Bonchev–Trinajstić information content (AvgIpc) is 2.68. The molecule has 0 aromatic heterocycles. The number of hydrogen-bond donors (Lipinski definition) is 2. The second-order valence-corrected chi connectivity index (χ2v) is 6.11. The molecule has 0 aromatic carbocycles. The van der Waals surface area contributed by atoms with Crippen molar-refractivity contribution in [3.05, 3.63) is 0 Å². The molecule has 3 N–H and O–H groups in total. The van der Waals surface area contributed by atoms with Gasteiger partial charge in [0.15, 0.2) is 5.96 Å². The van der Waals surface area contributed by atoms with Gasteiger partial charge in [0.2, 0.25) is 0 Å². The van der Waals surface area contributed by atoms with Gasteiger partial charge in [0.05, 0.1) is 0 Å². The molecule has 0 unspecified atom stereocenters. The van der Waals surface area contributed by atoms with E-state index in [-0.39, 0.29) is 24.0 Å². The van der Waals surface area contributed by atoms with Gasteiger partial charge < -0.3 is 20.9 Å². The first-order valence-corrected chi connectivity index (χ1v) is 8.67. The van der Waals surface area contributed by atoms with Crippen LogP contribution in [-0.2, 0) is 0 Å². The number of nitrogens with two attached hydrogens (primary N) is 1. The maximum Gasteiger partial charge on any atom is 0.188 e. The van der Waals surface area contributed by atoms with Crippen molar-refractivity contribution < 1.29 is 0 Å². The summed E-state index contributed by atoms with van der Waals surface area (Å²) >= 11 is 0. The molecule has 0 saturated carbocycles. The summed E-state index contributed by atoms with van der Waals surface area (Å²) in [6, 6.07) is 0. The van der Waals surface area contributed by atoms with E-state index < -0.39 is 0 Å². The van der Waals surface area contributed by atoms with Crippen molar-refractivity contribution in [1.82, 2.24) is 15.1 Å². The zero-order chi connectivity index (χ0) is 15.3. The van der Waals surface area contributed by atoms with Gasteiger partial charge in [-0.25, -0.2) is 0 Å². The highest BCUT2D eigenvalue weighted by molar-refractivity contribution is 14.0. The van der Waals surface area contributed by atoms with Crippen molar-refractivity contribution in [2.24, 2.45) is 10.7 Å². The zero-order valence-electron chi connectivity index (χ0n) is 14.5. The number of guanidine groups is 1. The molecule has 1 aliphatic heterocycles.